The average Bonchev–Trinajstić information content (AvgIpc) is 2.89. The van der Waals surface area contributed by atoms with Gasteiger partial charge in [0.15, 0.2) is 0 Å². The van der Waals surface area contributed by atoms with E-state index in [9.17, 15) is 4.79 Å². The van der Waals surface area contributed by atoms with Gasteiger partial charge in [0, 0.05) is 12.2 Å². The van der Waals surface area contributed by atoms with E-state index in [1.807, 2.05) is 39.0 Å². The molecule has 2 rings (SSSR count). The van der Waals surface area contributed by atoms with Crippen LogP contribution in [-0.4, -0.2) is 27.4 Å². The van der Waals surface area contributed by atoms with Gasteiger partial charge in [0.1, 0.15) is 6.54 Å². The fourth-order valence-electron chi connectivity index (χ4n) is 1.97. The molecule has 0 fully saturated rings. The highest BCUT2D eigenvalue weighted by Crippen LogP contribution is 2.17. The first kappa shape index (κ1) is 15.2. The summed E-state index contributed by atoms with van der Waals surface area (Å²) in [6.45, 7) is 7.74. The number of nitrogens with one attached hydrogen (secondary N) is 2. The second-order valence-corrected chi connectivity index (χ2v) is 4.98. The molecule has 1 aromatic heterocycles. The van der Waals surface area contributed by atoms with Gasteiger partial charge in [-0.15, -0.1) is 5.10 Å². The number of amides is 1. The number of carbonyl (C=O) groups is 1. The molecule has 21 heavy (non-hydrogen) atoms. The average molecular weight is 287 g/mol. The molecule has 0 bridgehead atoms. The first-order valence-corrected chi connectivity index (χ1v) is 7.06. The Kier molecular flexibility index (Phi) is 5.05. The summed E-state index contributed by atoms with van der Waals surface area (Å²) in [6, 6.07) is 5.86. The van der Waals surface area contributed by atoms with Crippen LogP contribution in [0.15, 0.2) is 24.4 Å². The third-order valence-electron chi connectivity index (χ3n) is 3.33. The van der Waals surface area contributed by atoms with E-state index in [1.54, 1.807) is 10.9 Å². The number of aromatic nitrogens is 3. The third kappa shape index (κ3) is 4.13. The van der Waals surface area contributed by atoms with Crippen LogP contribution in [0.2, 0.25) is 0 Å². The van der Waals surface area contributed by atoms with Crippen LogP contribution in [0.1, 0.15) is 23.7 Å². The molecule has 1 aromatic carbocycles. The van der Waals surface area contributed by atoms with Crippen LogP contribution in [-0.2, 0) is 17.9 Å². The van der Waals surface area contributed by atoms with E-state index in [0.29, 0.717) is 6.54 Å². The van der Waals surface area contributed by atoms with Crippen molar-refractivity contribution in [2.24, 2.45) is 0 Å². The van der Waals surface area contributed by atoms with Crippen LogP contribution in [0.3, 0.4) is 0 Å². The molecule has 0 aliphatic carbocycles. The summed E-state index contributed by atoms with van der Waals surface area (Å²) in [6.07, 6.45) is 1.78. The monoisotopic (exact) mass is 287 g/mol. The van der Waals surface area contributed by atoms with E-state index in [2.05, 4.69) is 20.9 Å². The molecule has 0 saturated carbocycles. The number of rotatable bonds is 6. The largest absolute Gasteiger partial charge is 0.324 e. The fourth-order valence-corrected chi connectivity index (χ4v) is 1.97. The quantitative estimate of drug-likeness (QED) is 0.847. The van der Waals surface area contributed by atoms with Crippen LogP contribution in [0.25, 0.3) is 0 Å². The maximum atomic E-state index is 12.1. The van der Waals surface area contributed by atoms with Crippen molar-refractivity contribution in [1.29, 1.82) is 0 Å². The molecule has 0 saturated heterocycles. The zero-order valence-electron chi connectivity index (χ0n) is 12.7. The molecule has 112 valence electrons. The second kappa shape index (κ2) is 6.99. The number of anilines is 1. The highest BCUT2D eigenvalue weighted by Gasteiger charge is 2.08. The molecule has 0 aliphatic rings. The zero-order chi connectivity index (χ0) is 15.2. The predicted molar refractivity (Wildman–Crippen MR) is 81.9 cm³/mol. The number of aryl methyl sites for hydroxylation is 1. The van der Waals surface area contributed by atoms with Gasteiger partial charge < -0.3 is 10.6 Å². The predicted octanol–water partition coefficient (Wildman–Crippen LogP) is 1.64. The molecular formula is C15H21N5O. The first-order chi connectivity index (χ1) is 10.1. The summed E-state index contributed by atoms with van der Waals surface area (Å²) < 4.78 is 1.55. The van der Waals surface area contributed by atoms with Gasteiger partial charge in [-0.2, -0.15) is 0 Å². The van der Waals surface area contributed by atoms with Gasteiger partial charge in [-0.3, -0.25) is 4.79 Å². The molecule has 0 unspecified atom stereocenters. The smallest absolute Gasteiger partial charge is 0.246 e. The number of hydrogen-bond donors (Lipinski definition) is 2. The molecule has 6 nitrogen and oxygen atoms in total. The Morgan fingerprint density at radius 3 is 2.90 bits per heavy atom. The summed E-state index contributed by atoms with van der Waals surface area (Å²) in [7, 11) is 0. The third-order valence-corrected chi connectivity index (χ3v) is 3.33. The normalized spacial score (nSPS) is 10.6. The van der Waals surface area contributed by atoms with E-state index >= 15 is 0 Å². The summed E-state index contributed by atoms with van der Waals surface area (Å²) >= 11 is 0. The van der Waals surface area contributed by atoms with Gasteiger partial charge in [-0.05, 0) is 37.6 Å². The molecule has 6 heteroatoms. The van der Waals surface area contributed by atoms with Crippen LogP contribution in [0, 0.1) is 13.8 Å². The van der Waals surface area contributed by atoms with Crippen LogP contribution < -0.4 is 10.6 Å². The molecule has 1 heterocycles. The van der Waals surface area contributed by atoms with Gasteiger partial charge in [-0.25, -0.2) is 4.68 Å². The Bertz CT molecular complexity index is 620. The number of hydrogen-bond acceptors (Lipinski definition) is 4. The topological polar surface area (TPSA) is 71.8 Å². The van der Waals surface area contributed by atoms with Gasteiger partial charge in [0.05, 0.1) is 11.9 Å². The molecule has 2 aromatic rings. The lowest BCUT2D eigenvalue weighted by Gasteiger charge is -2.10. The van der Waals surface area contributed by atoms with Crippen molar-refractivity contribution < 1.29 is 4.79 Å². The maximum absolute atomic E-state index is 12.1. The minimum atomic E-state index is -0.108. The minimum absolute atomic E-state index is 0.108. The maximum Gasteiger partial charge on any atom is 0.246 e. The van der Waals surface area contributed by atoms with E-state index in [4.69, 9.17) is 0 Å². The van der Waals surface area contributed by atoms with E-state index in [0.717, 1.165) is 29.1 Å². The standard InChI is InChI=1S/C15H21N5O/c1-4-16-8-13-9-20(19-18-13)10-15(21)17-14-7-5-6-11(2)12(14)3/h5-7,9,16H,4,8,10H2,1-3H3,(H,17,21). The number of benzene rings is 1. The highest BCUT2D eigenvalue weighted by molar-refractivity contribution is 5.91. The lowest BCUT2D eigenvalue weighted by molar-refractivity contribution is -0.116. The summed E-state index contributed by atoms with van der Waals surface area (Å²) in [5.74, 6) is -0.108. The second-order valence-electron chi connectivity index (χ2n) is 4.98. The summed E-state index contributed by atoms with van der Waals surface area (Å²) in [5, 5.41) is 14.0. The molecule has 0 aliphatic heterocycles. The van der Waals surface area contributed by atoms with Crippen molar-refractivity contribution in [3.8, 4) is 0 Å². The summed E-state index contributed by atoms with van der Waals surface area (Å²) in [5.41, 5.74) is 3.91. The van der Waals surface area contributed by atoms with Gasteiger partial charge in [0.2, 0.25) is 5.91 Å². The molecule has 0 atom stereocenters. The number of carbonyl (C=O) groups excluding carboxylic acids is 1. The van der Waals surface area contributed by atoms with Crippen LogP contribution in [0.5, 0.6) is 0 Å². The molecule has 1 amide bonds. The van der Waals surface area contributed by atoms with E-state index in [-0.39, 0.29) is 12.5 Å². The van der Waals surface area contributed by atoms with Crippen molar-refractivity contribution in [3.05, 3.63) is 41.2 Å². The lowest BCUT2D eigenvalue weighted by atomic mass is 10.1. The van der Waals surface area contributed by atoms with Gasteiger partial charge >= 0.3 is 0 Å². The fraction of sp³-hybridized carbons (Fsp3) is 0.400. The first-order valence-electron chi connectivity index (χ1n) is 7.06. The zero-order valence-corrected chi connectivity index (χ0v) is 12.7. The van der Waals surface area contributed by atoms with Crippen molar-refractivity contribution in [2.45, 2.75) is 33.9 Å². The van der Waals surface area contributed by atoms with Crippen molar-refractivity contribution >= 4 is 11.6 Å². The van der Waals surface area contributed by atoms with Gasteiger partial charge in [0.25, 0.3) is 0 Å². The molecule has 0 spiro atoms. The Morgan fingerprint density at radius 1 is 1.33 bits per heavy atom. The Labute approximate surface area is 124 Å². The molecule has 0 radical (unpaired) electrons. The van der Waals surface area contributed by atoms with Crippen molar-refractivity contribution in [1.82, 2.24) is 20.3 Å². The van der Waals surface area contributed by atoms with E-state index < -0.39 is 0 Å². The minimum Gasteiger partial charge on any atom is -0.324 e. The van der Waals surface area contributed by atoms with Crippen molar-refractivity contribution in [3.63, 3.8) is 0 Å². The highest BCUT2D eigenvalue weighted by atomic mass is 16.2. The Hall–Kier alpha value is -2.21. The summed E-state index contributed by atoms with van der Waals surface area (Å²) in [4.78, 5) is 12.1. The SMILES string of the molecule is CCNCc1cn(CC(=O)Nc2cccc(C)c2C)nn1. The number of nitrogens with zero attached hydrogens (tertiary/aromatic N) is 3. The molecule has 2 N–H and O–H groups in total. The molecular weight excluding hydrogens is 266 g/mol. The van der Waals surface area contributed by atoms with Gasteiger partial charge in [-0.1, -0.05) is 24.3 Å². The Morgan fingerprint density at radius 2 is 2.14 bits per heavy atom. The van der Waals surface area contributed by atoms with Crippen LogP contribution >= 0.6 is 0 Å². The van der Waals surface area contributed by atoms with Crippen molar-refractivity contribution in [2.75, 3.05) is 11.9 Å². The van der Waals surface area contributed by atoms with Crippen LogP contribution in [0.4, 0.5) is 5.69 Å². The Balaban J connectivity index is 1.95. The lowest BCUT2D eigenvalue weighted by Crippen LogP contribution is -2.19. The van der Waals surface area contributed by atoms with E-state index in [1.165, 1.54) is 0 Å².